The van der Waals surface area contributed by atoms with Crippen LogP contribution in [-0.4, -0.2) is 19.3 Å². The van der Waals surface area contributed by atoms with Crippen molar-refractivity contribution in [3.05, 3.63) is 42.0 Å². The Balaban J connectivity index is 1.76. The SMILES string of the molecule is C1=CC(c2ccccc2OCC2CO2)CCC1. The summed E-state index contributed by atoms with van der Waals surface area (Å²) in [6.45, 7) is 1.54. The molecule has 1 heterocycles. The summed E-state index contributed by atoms with van der Waals surface area (Å²) in [5, 5.41) is 0. The molecule has 2 atom stereocenters. The van der Waals surface area contributed by atoms with Crippen LogP contribution < -0.4 is 4.74 Å². The van der Waals surface area contributed by atoms with Gasteiger partial charge in [-0.25, -0.2) is 0 Å². The van der Waals surface area contributed by atoms with Gasteiger partial charge in [0.05, 0.1) is 6.61 Å². The third-order valence-corrected chi connectivity index (χ3v) is 3.40. The van der Waals surface area contributed by atoms with Gasteiger partial charge in [0.25, 0.3) is 0 Å². The topological polar surface area (TPSA) is 21.8 Å². The average Bonchev–Trinajstić information content (AvgIpc) is 3.22. The summed E-state index contributed by atoms with van der Waals surface area (Å²) in [6.07, 6.45) is 8.66. The van der Waals surface area contributed by atoms with Gasteiger partial charge in [0.1, 0.15) is 18.5 Å². The van der Waals surface area contributed by atoms with Gasteiger partial charge < -0.3 is 9.47 Å². The van der Waals surface area contributed by atoms with Crippen LogP contribution in [0.1, 0.15) is 30.7 Å². The van der Waals surface area contributed by atoms with E-state index in [2.05, 4.69) is 30.4 Å². The molecule has 2 heteroatoms. The molecule has 1 aromatic rings. The molecule has 1 aliphatic carbocycles. The highest BCUT2D eigenvalue weighted by Gasteiger charge is 2.24. The van der Waals surface area contributed by atoms with Crippen molar-refractivity contribution in [1.82, 2.24) is 0 Å². The Morgan fingerprint density at radius 2 is 2.18 bits per heavy atom. The van der Waals surface area contributed by atoms with Gasteiger partial charge in [0.2, 0.25) is 0 Å². The summed E-state index contributed by atoms with van der Waals surface area (Å²) in [7, 11) is 0. The Bertz CT molecular complexity index is 407. The Morgan fingerprint density at radius 3 is 2.94 bits per heavy atom. The summed E-state index contributed by atoms with van der Waals surface area (Å²) in [5.41, 5.74) is 1.32. The largest absolute Gasteiger partial charge is 0.490 e. The van der Waals surface area contributed by atoms with Crippen molar-refractivity contribution in [1.29, 1.82) is 0 Å². The molecule has 2 unspecified atom stereocenters. The van der Waals surface area contributed by atoms with Crippen LogP contribution in [0.5, 0.6) is 5.75 Å². The molecule has 1 aromatic carbocycles. The average molecular weight is 230 g/mol. The standard InChI is InChI=1S/C15H18O2/c1-2-6-12(7-3-1)14-8-4-5-9-15(14)17-11-13-10-16-13/h2,4-6,8-9,12-13H,1,3,7,10-11H2. The Labute approximate surface area is 102 Å². The number of hydrogen-bond acceptors (Lipinski definition) is 2. The van der Waals surface area contributed by atoms with Crippen LogP contribution in [0, 0.1) is 0 Å². The number of ether oxygens (including phenoxy) is 2. The highest BCUT2D eigenvalue weighted by molar-refractivity contribution is 5.38. The lowest BCUT2D eigenvalue weighted by Crippen LogP contribution is -2.08. The first-order chi connectivity index (χ1) is 8.43. The van der Waals surface area contributed by atoms with Crippen LogP contribution in [0.4, 0.5) is 0 Å². The van der Waals surface area contributed by atoms with E-state index in [1.54, 1.807) is 0 Å². The lowest BCUT2D eigenvalue weighted by atomic mass is 9.89. The van der Waals surface area contributed by atoms with E-state index in [-0.39, 0.29) is 0 Å². The molecule has 1 fully saturated rings. The molecule has 2 nitrogen and oxygen atoms in total. The third kappa shape index (κ3) is 2.70. The zero-order chi connectivity index (χ0) is 11.5. The molecule has 0 bridgehead atoms. The van der Waals surface area contributed by atoms with Crippen LogP contribution in [-0.2, 0) is 4.74 Å². The molecule has 3 rings (SSSR count). The lowest BCUT2D eigenvalue weighted by Gasteiger charge is -2.19. The second-order valence-corrected chi connectivity index (χ2v) is 4.77. The van der Waals surface area contributed by atoms with E-state index in [1.165, 1.54) is 24.8 Å². The van der Waals surface area contributed by atoms with Crippen molar-refractivity contribution in [2.75, 3.05) is 13.2 Å². The van der Waals surface area contributed by atoms with Crippen molar-refractivity contribution in [2.24, 2.45) is 0 Å². The van der Waals surface area contributed by atoms with E-state index in [0.29, 0.717) is 18.6 Å². The van der Waals surface area contributed by atoms with E-state index in [1.807, 2.05) is 6.07 Å². The molecule has 1 aliphatic heterocycles. The van der Waals surface area contributed by atoms with Crippen molar-refractivity contribution >= 4 is 0 Å². The van der Waals surface area contributed by atoms with Gasteiger partial charge in [-0.2, -0.15) is 0 Å². The van der Waals surface area contributed by atoms with E-state index < -0.39 is 0 Å². The zero-order valence-electron chi connectivity index (χ0n) is 9.97. The quantitative estimate of drug-likeness (QED) is 0.585. The van der Waals surface area contributed by atoms with Crippen molar-refractivity contribution < 1.29 is 9.47 Å². The number of para-hydroxylation sites is 1. The molecule has 0 amide bonds. The number of hydrogen-bond donors (Lipinski definition) is 0. The van der Waals surface area contributed by atoms with E-state index in [0.717, 1.165) is 12.4 Å². The predicted molar refractivity (Wildman–Crippen MR) is 67.4 cm³/mol. The van der Waals surface area contributed by atoms with Crippen LogP contribution in [0.3, 0.4) is 0 Å². The molecule has 0 aromatic heterocycles. The van der Waals surface area contributed by atoms with Crippen LogP contribution in [0.2, 0.25) is 0 Å². The predicted octanol–water partition coefficient (Wildman–Crippen LogP) is 3.29. The molecule has 1 saturated heterocycles. The Morgan fingerprint density at radius 1 is 1.29 bits per heavy atom. The molecule has 0 spiro atoms. The normalized spacial score (nSPS) is 26.8. The first-order valence-electron chi connectivity index (χ1n) is 6.43. The second-order valence-electron chi connectivity index (χ2n) is 4.77. The monoisotopic (exact) mass is 230 g/mol. The van der Waals surface area contributed by atoms with Gasteiger partial charge in [0.15, 0.2) is 0 Å². The van der Waals surface area contributed by atoms with Gasteiger partial charge in [0, 0.05) is 11.5 Å². The molecule has 0 radical (unpaired) electrons. The van der Waals surface area contributed by atoms with Crippen molar-refractivity contribution in [3.63, 3.8) is 0 Å². The second kappa shape index (κ2) is 4.92. The third-order valence-electron chi connectivity index (χ3n) is 3.40. The van der Waals surface area contributed by atoms with Crippen LogP contribution in [0.25, 0.3) is 0 Å². The molecular formula is C15H18O2. The summed E-state index contributed by atoms with van der Waals surface area (Å²) < 4.78 is 11.0. The van der Waals surface area contributed by atoms with Gasteiger partial charge >= 0.3 is 0 Å². The lowest BCUT2D eigenvalue weighted by molar-refractivity contribution is 0.260. The van der Waals surface area contributed by atoms with Crippen molar-refractivity contribution in [2.45, 2.75) is 31.3 Å². The minimum atomic E-state index is 0.324. The van der Waals surface area contributed by atoms with E-state index in [9.17, 15) is 0 Å². The maximum absolute atomic E-state index is 5.86. The highest BCUT2D eigenvalue weighted by atomic mass is 16.6. The minimum absolute atomic E-state index is 0.324. The number of epoxide rings is 1. The van der Waals surface area contributed by atoms with Crippen LogP contribution in [0.15, 0.2) is 36.4 Å². The molecule has 0 saturated carbocycles. The van der Waals surface area contributed by atoms with Crippen molar-refractivity contribution in [3.8, 4) is 5.75 Å². The smallest absolute Gasteiger partial charge is 0.123 e. The fourth-order valence-corrected chi connectivity index (χ4v) is 2.34. The number of allylic oxidation sites excluding steroid dienone is 2. The molecular weight excluding hydrogens is 212 g/mol. The molecule has 17 heavy (non-hydrogen) atoms. The summed E-state index contributed by atoms with van der Waals surface area (Å²) in [4.78, 5) is 0. The fraction of sp³-hybridized carbons (Fsp3) is 0.467. The van der Waals surface area contributed by atoms with Crippen LogP contribution >= 0.6 is 0 Å². The highest BCUT2D eigenvalue weighted by Crippen LogP contribution is 2.34. The Hall–Kier alpha value is -1.28. The fourth-order valence-electron chi connectivity index (χ4n) is 2.34. The van der Waals surface area contributed by atoms with Gasteiger partial charge in [-0.05, 0) is 25.3 Å². The summed E-state index contributed by atoms with van der Waals surface area (Å²) in [5.74, 6) is 1.56. The van der Waals surface area contributed by atoms with Gasteiger partial charge in [-0.1, -0.05) is 30.4 Å². The first-order valence-corrected chi connectivity index (χ1v) is 6.43. The molecule has 2 aliphatic rings. The summed E-state index contributed by atoms with van der Waals surface area (Å²) in [6, 6.07) is 8.39. The van der Waals surface area contributed by atoms with Gasteiger partial charge in [-0.3, -0.25) is 0 Å². The van der Waals surface area contributed by atoms with E-state index >= 15 is 0 Å². The number of benzene rings is 1. The van der Waals surface area contributed by atoms with E-state index in [4.69, 9.17) is 9.47 Å². The molecule has 0 N–H and O–H groups in total. The molecule has 90 valence electrons. The maximum Gasteiger partial charge on any atom is 0.123 e. The summed E-state index contributed by atoms with van der Waals surface area (Å²) >= 11 is 0. The number of rotatable bonds is 4. The first kappa shape index (κ1) is 10.8. The maximum atomic E-state index is 5.86. The van der Waals surface area contributed by atoms with Gasteiger partial charge in [-0.15, -0.1) is 0 Å². The Kier molecular flexibility index (Phi) is 3.14. The zero-order valence-corrected chi connectivity index (χ0v) is 9.97. The minimum Gasteiger partial charge on any atom is -0.490 e.